The lowest BCUT2D eigenvalue weighted by molar-refractivity contribution is -0.166. The molecule has 1 saturated heterocycles. The van der Waals surface area contributed by atoms with Gasteiger partial charge >= 0.3 is 0 Å². The van der Waals surface area contributed by atoms with Crippen LogP contribution in [0, 0.1) is 23.2 Å². The smallest absolute Gasteiger partial charge is 0.172 e. The fourth-order valence-corrected chi connectivity index (χ4v) is 7.69. The number of hydrogen-bond acceptors (Lipinski definition) is 3. The summed E-state index contributed by atoms with van der Waals surface area (Å²) in [7, 11) is 0. The molecule has 5 atom stereocenters. The largest absolute Gasteiger partial charge is 0.389 e. The third kappa shape index (κ3) is 2.64. The molecule has 1 N–H and O–H groups in total. The predicted molar refractivity (Wildman–Crippen MR) is 106 cm³/mol. The fourth-order valence-electron chi connectivity index (χ4n) is 7.69. The maximum atomic E-state index is 11.5. The van der Waals surface area contributed by atoms with Crippen LogP contribution in [0.5, 0.6) is 0 Å². The predicted octanol–water partition coefficient (Wildman–Crippen LogP) is 5.14. The Labute approximate surface area is 164 Å². The molecule has 5 aliphatic rings. The number of aliphatic hydroxyl groups is 1. The van der Waals surface area contributed by atoms with Gasteiger partial charge in [-0.2, -0.15) is 0 Å². The van der Waals surface area contributed by atoms with Crippen molar-refractivity contribution in [2.24, 2.45) is 23.2 Å². The first-order valence-corrected chi connectivity index (χ1v) is 11.3. The fraction of sp³-hybridized carbons (Fsp3) is 0.833. The lowest BCUT2D eigenvalue weighted by atomic mass is 9.52. The second-order valence-corrected chi connectivity index (χ2v) is 10.1. The van der Waals surface area contributed by atoms with Gasteiger partial charge in [0.15, 0.2) is 5.79 Å². The van der Waals surface area contributed by atoms with E-state index in [0.717, 1.165) is 50.7 Å². The van der Waals surface area contributed by atoms with Gasteiger partial charge in [-0.25, -0.2) is 0 Å². The molecule has 5 rings (SSSR count). The van der Waals surface area contributed by atoms with Crippen LogP contribution in [-0.4, -0.2) is 29.7 Å². The molecule has 0 amide bonds. The molecule has 2 saturated carbocycles. The van der Waals surface area contributed by atoms with Crippen molar-refractivity contribution in [2.75, 3.05) is 13.2 Å². The van der Waals surface area contributed by atoms with E-state index in [1.54, 1.807) is 11.1 Å². The van der Waals surface area contributed by atoms with Crippen LogP contribution in [0.1, 0.15) is 78.1 Å². The maximum Gasteiger partial charge on any atom is 0.172 e. The van der Waals surface area contributed by atoms with Crippen molar-refractivity contribution in [3.05, 3.63) is 23.3 Å². The van der Waals surface area contributed by atoms with E-state index in [4.69, 9.17) is 9.47 Å². The van der Waals surface area contributed by atoms with Crippen LogP contribution in [0.4, 0.5) is 0 Å². The van der Waals surface area contributed by atoms with Gasteiger partial charge in [0.05, 0.1) is 18.8 Å². The highest BCUT2D eigenvalue weighted by molar-refractivity contribution is 5.29. The minimum absolute atomic E-state index is 0.0965. The Bertz CT molecular complexity index is 659. The molecule has 1 unspecified atom stereocenters. The summed E-state index contributed by atoms with van der Waals surface area (Å²) in [6.07, 6.45) is 15.5. The summed E-state index contributed by atoms with van der Waals surface area (Å²) in [6, 6.07) is 0. The first-order valence-electron chi connectivity index (χ1n) is 11.3. The Morgan fingerprint density at radius 3 is 2.67 bits per heavy atom. The van der Waals surface area contributed by atoms with E-state index < -0.39 is 5.60 Å². The molecule has 0 bridgehead atoms. The van der Waals surface area contributed by atoms with Gasteiger partial charge in [-0.05, 0) is 81.5 Å². The third-order valence-corrected chi connectivity index (χ3v) is 9.20. The van der Waals surface area contributed by atoms with Crippen molar-refractivity contribution in [1.82, 2.24) is 0 Å². The monoisotopic (exact) mass is 372 g/mol. The average Bonchev–Trinajstić information content (AvgIpc) is 3.22. The summed E-state index contributed by atoms with van der Waals surface area (Å²) in [5, 5.41) is 11.5. The lowest BCUT2D eigenvalue weighted by Crippen LogP contribution is -2.51. The first-order chi connectivity index (χ1) is 13.0. The SMILES string of the molecule is C/C=C/C[C@]1(O)CC[C@H]2[C@@H]3CCC4=C(CCC5(C4)OCCO5)C3CC[C@@]21C. The summed E-state index contributed by atoms with van der Waals surface area (Å²) in [4.78, 5) is 0. The van der Waals surface area contributed by atoms with Crippen molar-refractivity contribution >= 4 is 0 Å². The second kappa shape index (κ2) is 6.43. The quantitative estimate of drug-likeness (QED) is 0.682. The molecule has 3 heteroatoms. The van der Waals surface area contributed by atoms with Crippen LogP contribution in [0.3, 0.4) is 0 Å². The number of hydrogen-bond donors (Lipinski definition) is 1. The zero-order valence-electron chi connectivity index (χ0n) is 17.1. The van der Waals surface area contributed by atoms with Gasteiger partial charge in [0.2, 0.25) is 0 Å². The van der Waals surface area contributed by atoms with Crippen LogP contribution < -0.4 is 0 Å². The van der Waals surface area contributed by atoms with Gasteiger partial charge in [-0.15, -0.1) is 0 Å². The Kier molecular flexibility index (Phi) is 4.38. The first kappa shape index (κ1) is 18.4. The van der Waals surface area contributed by atoms with Crippen LogP contribution in [0.2, 0.25) is 0 Å². The van der Waals surface area contributed by atoms with Crippen LogP contribution >= 0.6 is 0 Å². The standard InChI is InChI=1S/C24H36O3/c1-3-4-10-23(25)12-9-21-20-6-5-17-16-24(26-14-15-27-24)13-8-18(17)19(20)7-11-22(21,23)2/h3-4,19-21,25H,5-16H2,1-2H3/b4-3+/t19?,20-,21+,22+,23+/m1/s1. The van der Waals surface area contributed by atoms with Crippen LogP contribution in [0.25, 0.3) is 0 Å². The van der Waals surface area contributed by atoms with E-state index in [1.807, 2.05) is 0 Å². The van der Waals surface area contributed by atoms with Gasteiger partial charge in [0, 0.05) is 12.8 Å². The molecule has 3 fully saturated rings. The highest BCUT2D eigenvalue weighted by atomic mass is 16.7. The zero-order chi connectivity index (χ0) is 18.7. The number of allylic oxidation sites excluding steroid dienone is 2. The molecule has 150 valence electrons. The molecule has 0 aromatic carbocycles. The van der Waals surface area contributed by atoms with E-state index in [1.165, 1.54) is 38.5 Å². The average molecular weight is 373 g/mol. The summed E-state index contributed by atoms with van der Waals surface area (Å²) in [5.74, 6) is 1.95. The number of rotatable bonds is 2. The molecule has 0 aromatic heterocycles. The highest BCUT2D eigenvalue weighted by Crippen LogP contribution is 2.65. The molecule has 1 spiro atoms. The van der Waals surface area contributed by atoms with E-state index >= 15 is 0 Å². The minimum atomic E-state index is -0.494. The highest BCUT2D eigenvalue weighted by Gasteiger charge is 2.61. The number of fused-ring (bicyclic) bond motifs is 4. The van der Waals surface area contributed by atoms with E-state index in [0.29, 0.717) is 5.92 Å². The molecule has 27 heavy (non-hydrogen) atoms. The molecule has 0 aromatic rings. The van der Waals surface area contributed by atoms with Crippen molar-refractivity contribution in [2.45, 2.75) is 89.4 Å². The van der Waals surface area contributed by atoms with Crippen LogP contribution in [-0.2, 0) is 9.47 Å². The molecule has 1 heterocycles. The molecular formula is C24H36O3. The van der Waals surface area contributed by atoms with Gasteiger partial charge in [-0.1, -0.05) is 30.2 Å². The van der Waals surface area contributed by atoms with Gasteiger partial charge < -0.3 is 14.6 Å². The summed E-state index contributed by atoms with van der Waals surface area (Å²) in [5.41, 5.74) is 3.03. The van der Waals surface area contributed by atoms with Crippen LogP contribution in [0.15, 0.2) is 23.3 Å². The molecule has 1 aliphatic heterocycles. The maximum absolute atomic E-state index is 11.5. The minimum Gasteiger partial charge on any atom is -0.389 e. The van der Waals surface area contributed by atoms with Gasteiger partial charge in [0.25, 0.3) is 0 Å². The van der Waals surface area contributed by atoms with Crippen molar-refractivity contribution in [1.29, 1.82) is 0 Å². The Morgan fingerprint density at radius 2 is 1.89 bits per heavy atom. The molecular weight excluding hydrogens is 336 g/mol. The Balaban J connectivity index is 1.39. The summed E-state index contributed by atoms with van der Waals surface area (Å²) in [6.45, 7) is 6.00. The van der Waals surface area contributed by atoms with E-state index in [2.05, 4.69) is 26.0 Å². The third-order valence-electron chi connectivity index (χ3n) is 9.20. The zero-order valence-corrected chi connectivity index (χ0v) is 17.1. The van der Waals surface area contributed by atoms with Gasteiger partial charge in [0.1, 0.15) is 0 Å². The van der Waals surface area contributed by atoms with Gasteiger partial charge in [-0.3, -0.25) is 0 Å². The van der Waals surface area contributed by atoms with Crippen molar-refractivity contribution in [3.8, 4) is 0 Å². The second-order valence-electron chi connectivity index (χ2n) is 10.1. The van der Waals surface area contributed by atoms with Crippen molar-refractivity contribution < 1.29 is 14.6 Å². The summed E-state index contributed by atoms with van der Waals surface area (Å²) < 4.78 is 12.0. The number of ether oxygens (including phenoxy) is 2. The van der Waals surface area contributed by atoms with Crippen molar-refractivity contribution in [3.63, 3.8) is 0 Å². The topological polar surface area (TPSA) is 38.7 Å². The Hall–Kier alpha value is -0.640. The summed E-state index contributed by atoms with van der Waals surface area (Å²) >= 11 is 0. The molecule has 3 nitrogen and oxygen atoms in total. The van der Waals surface area contributed by atoms with E-state index in [9.17, 15) is 5.11 Å². The normalized spacial score (nSPS) is 46.0. The molecule has 0 radical (unpaired) electrons. The molecule has 4 aliphatic carbocycles. The Morgan fingerprint density at radius 1 is 1.07 bits per heavy atom. The van der Waals surface area contributed by atoms with E-state index in [-0.39, 0.29) is 11.2 Å². The lowest BCUT2D eigenvalue weighted by Gasteiger charge is -2.54.